The molecule has 31 heavy (non-hydrogen) atoms. The summed E-state index contributed by atoms with van der Waals surface area (Å²) in [7, 11) is 0. The van der Waals surface area contributed by atoms with Gasteiger partial charge in [-0.05, 0) is 68.8 Å². The van der Waals surface area contributed by atoms with Gasteiger partial charge in [-0.2, -0.15) is 0 Å². The zero-order valence-corrected chi connectivity index (χ0v) is 19.4. The zero-order valence-electron chi connectivity index (χ0n) is 18.6. The molecule has 1 aromatic heterocycles. The lowest BCUT2D eigenvalue weighted by atomic mass is 9.96. The fourth-order valence-corrected chi connectivity index (χ4v) is 4.81. The fourth-order valence-electron chi connectivity index (χ4n) is 4.69. The molecule has 0 bridgehead atoms. The maximum atomic E-state index is 12.7. The van der Waals surface area contributed by atoms with Crippen molar-refractivity contribution in [3.63, 3.8) is 0 Å². The number of likely N-dealkylation sites (tertiary alicyclic amines) is 2. The van der Waals surface area contributed by atoms with Gasteiger partial charge in [0.15, 0.2) is 0 Å². The van der Waals surface area contributed by atoms with Crippen LogP contribution in [-0.2, 0) is 11.3 Å². The first-order valence-corrected chi connectivity index (χ1v) is 12.0. The summed E-state index contributed by atoms with van der Waals surface area (Å²) >= 11 is 5.99. The van der Waals surface area contributed by atoms with Crippen molar-refractivity contribution in [1.82, 2.24) is 20.0 Å². The number of rotatable bonds is 6. The third kappa shape index (κ3) is 5.66. The number of benzene rings is 1. The molecule has 0 N–H and O–H groups in total. The second-order valence-corrected chi connectivity index (χ2v) is 9.79. The number of amides is 1. The molecule has 4 rings (SSSR count). The molecule has 1 aromatic carbocycles. The number of hydrogen-bond donors (Lipinski definition) is 0. The number of carbonyl (C=O) groups excluding carboxylic acids is 1. The third-order valence-electron chi connectivity index (χ3n) is 6.40. The number of hydrogen-bond acceptors (Lipinski definition) is 5. The van der Waals surface area contributed by atoms with E-state index in [1.807, 2.05) is 17.0 Å². The molecule has 2 aromatic rings. The van der Waals surface area contributed by atoms with E-state index in [0.717, 1.165) is 69.2 Å². The van der Waals surface area contributed by atoms with Crippen molar-refractivity contribution < 1.29 is 9.21 Å². The first kappa shape index (κ1) is 22.3. The molecular weight excluding hydrogens is 412 g/mol. The van der Waals surface area contributed by atoms with E-state index in [9.17, 15) is 4.79 Å². The third-order valence-corrected chi connectivity index (χ3v) is 6.66. The molecule has 0 spiro atoms. The van der Waals surface area contributed by atoms with Crippen molar-refractivity contribution in [2.75, 3.05) is 19.6 Å². The number of carbonyl (C=O) groups is 1. The quantitative estimate of drug-likeness (QED) is 0.612. The van der Waals surface area contributed by atoms with Crippen LogP contribution in [0.1, 0.15) is 81.7 Å². The smallest absolute Gasteiger partial charge is 0.238 e. The minimum atomic E-state index is -0.0637. The van der Waals surface area contributed by atoms with Crippen molar-refractivity contribution in [1.29, 1.82) is 0 Å². The lowest BCUT2D eigenvalue weighted by molar-refractivity contribution is -0.136. The van der Waals surface area contributed by atoms with Gasteiger partial charge in [0.2, 0.25) is 17.7 Å². The van der Waals surface area contributed by atoms with Crippen LogP contribution in [-0.4, -0.2) is 45.5 Å². The van der Waals surface area contributed by atoms with Crippen LogP contribution in [0.4, 0.5) is 0 Å². The zero-order chi connectivity index (χ0) is 21.8. The summed E-state index contributed by atoms with van der Waals surface area (Å²) in [5.74, 6) is 2.21. The van der Waals surface area contributed by atoms with Crippen LogP contribution in [0.2, 0.25) is 5.02 Å². The lowest BCUT2D eigenvalue weighted by Crippen LogP contribution is -2.39. The highest BCUT2D eigenvalue weighted by Gasteiger charge is 2.33. The molecule has 2 saturated heterocycles. The Hall–Kier alpha value is -1.92. The summed E-state index contributed by atoms with van der Waals surface area (Å²) in [5.41, 5.74) is 1.28. The Morgan fingerprint density at radius 1 is 1.06 bits per heavy atom. The van der Waals surface area contributed by atoms with Crippen molar-refractivity contribution >= 4 is 17.5 Å². The average Bonchev–Trinajstić information content (AvgIpc) is 3.25. The van der Waals surface area contributed by atoms with Crippen molar-refractivity contribution in [3.8, 4) is 0 Å². The van der Waals surface area contributed by atoms with Crippen LogP contribution in [0.25, 0.3) is 0 Å². The van der Waals surface area contributed by atoms with Crippen LogP contribution in [0.15, 0.2) is 28.7 Å². The van der Waals surface area contributed by atoms with Gasteiger partial charge < -0.3 is 9.32 Å². The molecule has 1 atom stereocenters. The van der Waals surface area contributed by atoms with Crippen molar-refractivity contribution in [3.05, 3.63) is 46.6 Å². The highest BCUT2D eigenvalue weighted by molar-refractivity contribution is 6.30. The molecule has 2 aliphatic rings. The fraction of sp³-hybridized carbons (Fsp3) is 0.625. The van der Waals surface area contributed by atoms with E-state index in [4.69, 9.17) is 16.0 Å². The standard InChI is InChI=1S/C24H33ClN4O2/c1-17(2)15-22(30)29-12-4-3-5-21(29)24-27-26-23(31-24)19-10-13-28(14-11-19)16-18-6-8-20(25)9-7-18/h6-9,17,19,21H,3-5,10-16H2,1-2H3. The van der Waals surface area contributed by atoms with Gasteiger partial charge in [-0.3, -0.25) is 9.69 Å². The van der Waals surface area contributed by atoms with E-state index in [0.29, 0.717) is 24.1 Å². The van der Waals surface area contributed by atoms with Crippen LogP contribution in [0, 0.1) is 5.92 Å². The molecule has 2 fully saturated rings. The van der Waals surface area contributed by atoms with Crippen LogP contribution in [0.3, 0.4) is 0 Å². The Morgan fingerprint density at radius 2 is 1.77 bits per heavy atom. The average molecular weight is 445 g/mol. The highest BCUT2D eigenvalue weighted by Crippen LogP contribution is 2.34. The highest BCUT2D eigenvalue weighted by atomic mass is 35.5. The monoisotopic (exact) mass is 444 g/mol. The predicted molar refractivity (Wildman–Crippen MR) is 121 cm³/mol. The minimum Gasteiger partial charge on any atom is -0.423 e. The molecule has 7 heteroatoms. The number of nitrogens with zero attached hydrogens (tertiary/aromatic N) is 4. The Balaban J connectivity index is 1.35. The molecule has 168 valence electrons. The SMILES string of the molecule is CC(C)CC(=O)N1CCCCC1c1nnc(C2CCN(Cc3ccc(Cl)cc3)CC2)o1. The molecule has 0 aliphatic carbocycles. The predicted octanol–water partition coefficient (Wildman–Crippen LogP) is 5.20. The summed E-state index contributed by atoms with van der Waals surface area (Å²) in [6.07, 6.45) is 5.64. The van der Waals surface area contributed by atoms with Crippen molar-refractivity contribution in [2.24, 2.45) is 5.92 Å². The van der Waals surface area contributed by atoms with Gasteiger partial charge in [0.25, 0.3) is 0 Å². The Bertz CT molecular complexity index is 859. The van der Waals surface area contributed by atoms with E-state index >= 15 is 0 Å². The number of aromatic nitrogens is 2. The Labute approximate surface area is 190 Å². The molecule has 1 unspecified atom stereocenters. The maximum absolute atomic E-state index is 12.7. The number of piperidine rings is 2. The van der Waals surface area contributed by atoms with Gasteiger partial charge in [0, 0.05) is 30.5 Å². The van der Waals surface area contributed by atoms with Gasteiger partial charge >= 0.3 is 0 Å². The Morgan fingerprint density at radius 3 is 2.48 bits per heavy atom. The van der Waals surface area contributed by atoms with Crippen LogP contribution >= 0.6 is 11.6 Å². The van der Waals surface area contributed by atoms with E-state index in [1.54, 1.807) is 0 Å². The van der Waals surface area contributed by atoms with Crippen LogP contribution < -0.4 is 0 Å². The number of halogens is 1. The van der Waals surface area contributed by atoms with Gasteiger partial charge in [-0.15, -0.1) is 10.2 Å². The van der Waals surface area contributed by atoms with Crippen molar-refractivity contribution in [2.45, 2.75) is 70.9 Å². The Kier molecular flexibility index (Phi) is 7.28. The largest absolute Gasteiger partial charge is 0.423 e. The molecule has 3 heterocycles. The second kappa shape index (κ2) is 10.1. The molecule has 1 amide bonds. The van der Waals surface area contributed by atoms with Gasteiger partial charge in [0.05, 0.1) is 0 Å². The van der Waals surface area contributed by atoms with Gasteiger partial charge in [-0.1, -0.05) is 37.6 Å². The topological polar surface area (TPSA) is 62.5 Å². The van der Waals surface area contributed by atoms with Crippen LogP contribution in [0.5, 0.6) is 0 Å². The first-order valence-electron chi connectivity index (χ1n) is 11.6. The van der Waals surface area contributed by atoms with E-state index in [-0.39, 0.29) is 11.9 Å². The molecular formula is C24H33ClN4O2. The lowest BCUT2D eigenvalue weighted by Gasteiger charge is -2.34. The van der Waals surface area contributed by atoms with E-state index in [2.05, 4.69) is 41.1 Å². The van der Waals surface area contributed by atoms with E-state index in [1.165, 1.54) is 5.56 Å². The summed E-state index contributed by atoms with van der Waals surface area (Å²) in [6.45, 7) is 7.91. The summed E-state index contributed by atoms with van der Waals surface area (Å²) in [6, 6.07) is 8.02. The normalized spacial score (nSPS) is 21.0. The first-order chi connectivity index (χ1) is 15.0. The molecule has 2 aliphatic heterocycles. The summed E-state index contributed by atoms with van der Waals surface area (Å²) in [5, 5.41) is 9.56. The minimum absolute atomic E-state index is 0.0637. The molecule has 6 nitrogen and oxygen atoms in total. The van der Waals surface area contributed by atoms with E-state index < -0.39 is 0 Å². The van der Waals surface area contributed by atoms with Gasteiger partial charge in [0.1, 0.15) is 6.04 Å². The maximum Gasteiger partial charge on any atom is 0.238 e. The second-order valence-electron chi connectivity index (χ2n) is 9.35. The molecule has 0 saturated carbocycles. The summed E-state index contributed by atoms with van der Waals surface area (Å²) in [4.78, 5) is 17.2. The van der Waals surface area contributed by atoms with Gasteiger partial charge in [-0.25, -0.2) is 0 Å². The molecule has 0 radical (unpaired) electrons. The summed E-state index contributed by atoms with van der Waals surface area (Å²) < 4.78 is 6.17.